The van der Waals surface area contributed by atoms with Crippen molar-refractivity contribution in [2.45, 2.75) is 20.0 Å². The molecule has 0 fully saturated rings. The van der Waals surface area contributed by atoms with Gasteiger partial charge in [0.25, 0.3) is 0 Å². The normalized spacial score (nSPS) is 12.6. The second-order valence-electron chi connectivity index (χ2n) is 3.31. The number of halogens is 2. The Labute approximate surface area is 87.7 Å². The number of anilines is 1. The monoisotopic (exact) mass is 217 g/mol. The van der Waals surface area contributed by atoms with Crippen LogP contribution >= 0.6 is 11.6 Å². The summed E-state index contributed by atoms with van der Waals surface area (Å²) >= 11 is 5.80. The van der Waals surface area contributed by atoms with Crippen molar-refractivity contribution in [3.05, 3.63) is 28.5 Å². The molecule has 0 saturated heterocycles. The number of nitrogens with one attached hydrogen (secondary N) is 1. The van der Waals surface area contributed by atoms with Crippen molar-refractivity contribution in [3.8, 4) is 0 Å². The van der Waals surface area contributed by atoms with Gasteiger partial charge in [0, 0.05) is 6.54 Å². The van der Waals surface area contributed by atoms with Crippen molar-refractivity contribution in [2.24, 2.45) is 0 Å². The summed E-state index contributed by atoms with van der Waals surface area (Å²) in [6.07, 6.45) is -0.462. The molecule has 4 heteroatoms. The van der Waals surface area contributed by atoms with Gasteiger partial charge < -0.3 is 10.4 Å². The van der Waals surface area contributed by atoms with Gasteiger partial charge in [-0.3, -0.25) is 0 Å². The summed E-state index contributed by atoms with van der Waals surface area (Å²) in [6, 6.07) is 2.89. The molecule has 14 heavy (non-hydrogen) atoms. The van der Waals surface area contributed by atoms with E-state index in [1.54, 1.807) is 19.9 Å². The van der Waals surface area contributed by atoms with Gasteiger partial charge in [0.1, 0.15) is 5.82 Å². The van der Waals surface area contributed by atoms with Gasteiger partial charge >= 0.3 is 0 Å². The first-order chi connectivity index (χ1) is 6.50. The Morgan fingerprint density at radius 3 is 2.79 bits per heavy atom. The molecule has 1 aromatic rings. The van der Waals surface area contributed by atoms with Crippen molar-refractivity contribution < 1.29 is 9.50 Å². The summed E-state index contributed by atoms with van der Waals surface area (Å²) in [4.78, 5) is 0. The number of hydrogen-bond acceptors (Lipinski definition) is 2. The van der Waals surface area contributed by atoms with Crippen LogP contribution < -0.4 is 5.32 Å². The van der Waals surface area contributed by atoms with Gasteiger partial charge in [-0.1, -0.05) is 11.6 Å². The Hall–Kier alpha value is -0.800. The van der Waals surface area contributed by atoms with E-state index >= 15 is 0 Å². The second-order valence-corrected chi connectivity index (χ2v) is 3.72. The Bertz CT molecular complexity index is 328. The van der Waals surface area contributed by atoms with Crippen molar-refractivity contribution in [3.63, 3.8) is 0 Å². The largest absolute Gasteiger partial charge is 0.392 e. The molecule has 78 valence electrons. The van der Waals surface area contributed by atoms with Crippen molar-refractivity contribution in [1.29, 1.82) is 0 Å². The molecule has 1 atom stereocenters. The molecule has 2 nitrogen and oxygen atoms in total. The summed E-state index contributed by atoms with van der Waals surface area (Å²) in [5.74, 6) is -0.322. The third-order valence-corrected chi connectivity index (χ3v) is 2.15. The maximum absolute atomic E-state index is 13.0. The lowest BCUT2D eigenvalue weighted by molar-refractivity contribution is 0.208. The quantitative estimate of drug-likeness (QED) is 0.816. The highest BCUT2D eigenvalue weighted by molar-refractivity contribution is 6.33. The Balaban J connectivity index is 2.82. The molecule has 0 aromatic heterocycles. The first-order valence-corrected chi connectivity index (χ1v) is 4.76. The van der Waals surface area contributed by atoms with Gasteiger partial charge in [0.15, 0.2) is 0 Å². The number of rotatable bonds is 3. The van der Waals surface area contributed by atoms with Crippen LogP contribution in [0.25, 0.3) is 0 Å². The van der Waals surface area contributed by atoms with Crippen LogP contribution in [0, 0.1) is 12.7 Å². The van der Waals surface area contributed by atoms with Crippen LogP contribution in [0.1, 0.15) is 12.5 Å². The lowest BCUT2D eigenvalue weighted by atomic mass is 10.2. The smallest absolute Gasteiger partial charge is 0.127 e. The Morgan fingerprint density at radius 2 is 2.21 bits per heavy atom. The lowest BCUT2D eigenvalue weighted by Gasteiger charge is -2.11. The molecule has 0 radical (unpaired) electrons. The van der Waals surface area contributed by atoms with Gasteiger partial charge in [-0.2, -0.15) is 0 Å². The van der Waals surface area contributed by atoms with E-state index in [4.69, 9.17) is 16.7 Å². The highest BCUT2D eigenvalue weighted by atomic mass is 35.5. The average molecular weight is 218 g/mol. The molecular weight excluding hydrogens is 205 g/mol. The molecule has 0 amide bonds. The van der Waals surface area contributed by atoms with Gasteiger partial charge in [-0.15, -0.1) is 0 Å². The fraction of sp³-hybridized carbons (Fsp3) is 0.400. The first kappa shape index (κ1) is 11.3. The van der Waals surface area contributed by atoms with Gasteiger partial charge in [0.05, 0.1) is 16.8 Å². The van der Waals surface area contributed by atoms with Crippen LogP contribution in [0.4, 0.5) is 10.1 Å². The van der Waals surface area contributed by atoms with Crippen LogP contribution in [-0.4, -0.2) is 17.8 Å². The molecule has 0 saturated carbocycles. The SMILES string of the molecule is Cc1cc(NC[C@@H](C)O)c(Cl)cc1F. The summed E-state index contributed by atoms with van der Waals surface area (Å²) in [6.45, 7) is 3.72. The molecule has 0 aliphatic carbocycles. The van der Waals surface area contributed by atoms with Crippen LogP contribution in [0.15, 0.2) is 12.1 Å². The Kier molecular flexibility index (Phi) is 3.72. The minimum atomic E-state index is -0.462. The third-order valence-electron chi connectivity index (χ3n) is 1.84. The van der Waals surface area contributed by atoms with E-state index in [2.05, 4.69) is 5.32 Å². The summed E-state index contributed by atoms with van der Waals surface area (Å²) in [7, 11) is 0. The van der Waals surface area contributed by atoms with Crippen LogP contribution in [0.3, 0.4) is 0 Å². The fourth-order valence-corrected chi connectivity index (χ4v) is 1.27. The predicted octanol–water partition coefficient (Wildman–Crippen LogP) is 2.58. The highest BCUT2D eigenvalue weighted by Gasteiger charge is 2.05. The van der Waals surface area contributed by atoms with E-state index in [9.17, 15) is 4.39 Å². The van der Waals surface area contributed by atoms with E-state index in [1.807, 2.05) is 0 Å². The maximum atomic E-state index is 13.0. The van der Waals surface area contributed by atoms with E-state index in [0.29, 0.717) is 22.8 Å². The molecule has 2 N–H and O–H groups in total. The average Bonchev–Trinajstić information content (AvgIpc) is 2.09. The molecule has 0 unspecified atom stereocenters. The van der Waals surface area contributed by atoms with E-state index in [0.717, 1.165) is 0 Å². The number of aliphatic hydroxyl groups excluding tert-OH is 1. The molecule has 0 aliphatic rings. The van der Waals surface area contributed by atoms with Crippen molar-refractivity contribution >= 4 is 17.3 Å². The number of aliphatic hydroxyl groups is 1. The van der Waals surface area contributed by atoms with Gasteiger partial charge in [0.2, 0.25) is 0 Å². The third kappa shape index (κ3) is 2.86. The highest BCUT2D eigenvalue weighted by Crippen LogP contribution is 2.24. The zero-order chi connectivity index (χ0) is 10.7. The van der Waals surface area contributed by atoms with Gasteiger partial charge in [-0.25, -0.2) is 4.39 Å². The Morgan fingerprint density at radius 1 is 1.57 bits per heavy atom. The lowest BCUT2D eigenvalue weighted by Crippen LogP contribution is -2.15. The second kappa shape index (κ2) is 4.62. The summed E-state index contributed by atoms with van der Waals surface area (Å²) < 4.78 is 13.0. The maximum Gasteiger partial charge on any atom is 0.127 e. The minimum absolute atomic E-state index is 0.322. The fourth-order valence-electron chi connectivity index (χ4n) is 1.05. The first-order valence-electron chi connectivity index (χ1n) is 4.38. The van der Waals surface area contributed by atoms with Crippen LogP contribution in [0.2, 0.25) is 5.02 Å². The molecule has 0 bridgehead atoms. The standard InChI is InChI=1S/C10H13ClFNO/c1-6-3-10(13-5-7(2)14)8(11)4-9(6)12/h3-4,7,13-14H,5H2,1-2H3/t7-/m1/s1. The molecular formula is C10H13ClFNO. The van der Waals surface area contributed by atoms with Gasteiger partial charge in [-0.05, 0) is 31.5 Å². The molecule has 0 heterocycles. The number of aryl methyl sites for hydroxylation is 1. The zero-order valence-corrected chi connectivity index (χ0v) is 8.90. The molecule has 0 aliphatic heterocycles. The molecule has 0 spiro atoms. The molecule has 1 rings (SSSR count). The predicted molar refractivity (Wildman–Crippen MR) is 56.3 cm³/mol. The number of benzene rings is 1. The van der Waals surface area contributed by atoms with Crippen LogP contribution in [-0.2, 0) is 0 Å². The zero-order valence-electron chi connectivity index (χ0n) is 8.14. The number of hydrogen-bond donors (Lipinski definition) is 2. The topological polar surface area (TPSA) is 32.3 Å². The summed E-state index contributed by atoms with van der Waals surface area (Å²) in [5.41, 5.74) is 1.17. The minimum Gasteiger partial charge on any atom is -0.392 e. The van der Waals surface area contributed by atoms with Crippen LogP contribution in [0.5, 0.6) is 0 Å². The van der Waals surface area contributed by atoms with E-state index in [1.165, 1.54) is 6.07 Å². The molecule has 1 aromatic carbocycles. The van der Waals surface area contributed by atoms with Crippen molar-refractivity contribution in [2.75, 3.05) is 11.9 Å². The van der Waals surface area contributed by atoms with Crippen molar-refractivity contribution in [1.82, 2.24) is 0 Å². The summed E-state index contributed by atoms with van der Waals surface area (Å²) in [5, 5.41) is 12.3. The van der Waals surface area contributed by atoms with E-state index < -0.39 is 6.10 Å². The van der Waals surface area contributed by atoms with E-state index in [-0.39, 0.29) is 5.82 Å².